The summed E-state index contributed by atoms with van der Waals surface area (Å²) in [5, 5.41) is 30.9. The van der Waals surface area contributed by atoms with Gasteiger partial charge in [0.15, 0.2) is 0 Å². The number of aliphatic hydroxyl groups is 2. The number of rotatable bonds is 4. The fourth-order valence-electron chi connectivity index (χ4n) is 3.49. The number of phenols is 1. The highest BCUT2D eigenvalue weighted by Gasteiger charge is 2.36. The van der Waals surface area contributed by atoms with E-state index in [0.717, 1.165) is 24.2 Å². The highest BCUT2D eigenvalue weighted by atomic mass is 32.2. The van der Waals surface area contributed by atoms with E-state index in [1.54, 1.807) is 24.3 Å². The predicted molar refractivity (Wildman–Crippen MR) is 111 cm³/mol. The molecule has 0 spiro atoms. The van der Waals surface area contributed by atoms with Gasteiger partial charge in [0.25, 0.3) is 10.1 Å². The van der Waals surface area contributed by atoms with Crippen LogP contribution in [0, 0.1) is 0 Å². The highest BCUT2D eigenvalue weighted by Crippen LogP contribution is 2.34. The van der Waals surface area contributed by atoms with Gasteiger partial charge in [0.2, 0.25) is 0 Å². The first-order chi connectivity index (χ1) is 13.5. The number of hydrogen-bond acceptors (Lipinski definition) is 6. The number of piperidine rings is 1. The van der Waals surface area contributed by atoms with Crippen LogP contribution in [0.2, 0.25) is 0 Å². The Morgan fingerprint density at radius 1 is 1.00 bits per heavy atom. The number of likely N-dealkylation sites (tertiary alicyclic amines) is 1. The molecule has 0 bridgehead atoms. The van der Waals surface area contributed by atoms with E-state index in [9.17, 15) is 23.7 Å². The Morgan fingerprint density at radius 2 is 1.48 bits per heavy atom. The monoisotopic (exact) mass is 423 g/mol. The first-order valence-electron chi connectivity index (χ1n) is 9.41. The zero-order chi connectivity index (χ0) is 21.7. The second kappa shape index (κ2) is 9.69. The van der Waals surface area contributed by atoms with Crippen molar-refractivity contribution in [1.29, 1.82) is 0 Å². The summed E-state index contributed by atoms with van der Waals surface area (Å²) >= 11 is 0. The lowest BCUT2D eigenvalue weighted by Gasteiger charge is -2.42. The standard InChI is InChI=1S/C20H25NO3.CH4O3S/c1-15(19(23)16-7-9-18(22)10-8-16)21-13-11-20(24,12-14-21)17-5-3-2-4-6-17;1-5(2,3)4/h2-10,15,19,22-24H,11-14H2,1H3;1H3,(H,2,3,4)/t15-,19+;/m0./s1. The van der Waals surface area contributed by atoms with Gasteiger partial charge >= 0.3 is 0 Å². The van der Waals surface area contributed by atoms with E-state index in [0.29, 0.717) is 19.1 Å². The number of aromatic hydroxyl groups is 1. The second-order valence-electron chi connectivity index (χ2n) is 7.44. The lowest BCUT2D eigenvalue weighted by Crippen LogP contribution is -2.47. The second-order valence-corrected chi connectivity index (χ2v) is 8.91. The van der Waals surface area contributed by atoms with Crippen molar-refractivity contribution < 1.29 is 28.3 Å². The van der Waals surface area contributed by atoms with Crippen LogP contribution in [0.1, 0.15) is 37.0 Å². The van der Waals surface area contributed by atoms with E-state index < -0.39 is 21.8 Å². The summed E-state index contributed by atoms with van der Waals surface area (Å²) in [6.07, 6.45) is 1.41. The molecule has 29 heavy (non-hydrogen) atoms. The summed E-state index contributed by atoms with van der Waals surface area (Å²) in [7, 11) is -3.67. The van der Waals surface area contributed by atoms with Gasteiger partial charge in [-0.1, -0.05) is 42.5 Å². The molecule has 0 unspecified atom stereocenters. The number of nitrogens with zero attached hydrogens (tertiary/aromatic N) is 1. The Morgan fingerprint density at radius 3 is 1.97 bits per heavy atom. The number of benzene rings is 2. The SMILES string of the molecule is CS(=O)(=O)O.C[C@@H]([C@@H](O)c1ccc(O)cc1)N1CCC(O)(c2ccccc2)CC1. The maximum atomic E-state index is 10.9. The molecule has 0 amide bonds. The van der Waals surface area contributed by atoms with Crippen LogP contribution in [0.4, 0.5) is 0 Å². The summed E-state index contributed by atoms with van der Waals surface area (Å²) < 4.78 is 25.9. The third-order valence-electron chi connectivity index (χ3n) is 5.20. The average Bonchev–Trinajstić information content (AvgIpc) is 2.67. The summed E-state index contributed by atoms with van der Waals surface area (Å²) in [5.41, 5.74) is 0.988. The molecule has 4 N–H and O–H groups in total. The van der Waals surface area contributed by atoms with Gasteiger partial charge in [-0.05, 0) is 43.0 Å². The number of hydrogen-bond donors (Lipinski definition) is 4. The van der Waals surface area contributed by atoms with E-state index in [-0.39, 0.29) is 11.8 Å². The van der Waals surface area contributed by atoms with Crippen LogP contribution in [-0.4, -0.2) is 58.6 Å². The van der Waals surface area contributed by atoms with Crippen molar-refractivity contribution in [1.82, 2.24) is 4.90 Å². The minimum absolute atomic E-state index is 0.0464. The summed E-state index contributed by atoms with van der Waals surface area (Å²) in [6, 6.07) is 16.5. The molecule has 160 valence electrons. The third-order valence-corrected chi connectivity index (χ3v) is 5.20. The lowest BCUT2D eigenvalue weighted by atomic mass is 9.83. The molecule has 0 aromatic heterocycles. The molecule has 2 aromatic carbocycles. The topological polar surface area (TPSA) is 118 Å². The largest absolute Gasteiger partial charge is 0.508 e. The van der Waals surface area contributed by atoms with Crippen LogP contribution in [0.25, 0.3) is 0 Å². The van der Waals surface area contributed by atoms with Crippen molar-refractivity contribution in [3.05, 3.63) is 65.7 Å². The highest BCUT2D eigenvalue weighted by molar-refractivity contribution is 7.85. The quantitative estimate of drug-likeness (QED) is 0.557. The first kappa shape index (κ1) is 23.3. The molecule has 1 aliphatic rings. The Bertz CT molecular complexity index is 854. The zero-order valence-corrected chi connectivity index (χ0v) is 17.5. The van der Waals surface area contributed by atoms with Gasteiger partial charge in [0.05, 0.1) is 18.0 Å². The van der Waals surface area contributed by atoms with Gasteiger partial charge in [-0.25, -0.2) is 0 Å². The maximum absolute atomic E-state index is 10.9. The Hall–Kier alpha value is -1.97. The smallest absolute Gasteiger partial charge is 0.261 e. The maximum Gasteiger partial charge on any atom is 0.261 e. The van der Waals surface area contributed by atoms with E-state index in [4.69, 9.17) is 4.55 Å². The van der Waals surface area contributed by atoms with E-state index in [1.165, 1.54) is 0 Å². The Balaban J connectivity index is 0.000000537. The van der Waals surface area contributed by atoms with Gasteiger partial charge in [-0.3, -0.25) is 9.45 Å². The normalized spacial score (nSPS) is 18.9. The van der Waals surface area contributed by atoms with Crippen LogP contribution in [0.3, 0.4) is 0 Å². The molecule has 2 aromatic rings. The predicted octanol–water partition coefficient (Wildman–Crippen LogP) is 2.30. The minimum Gasteiger partial charge on any atom is -0.508 e. The van der Waals surface area contributed by atoms with Crippen LogP contribution in [-0.2, 0) is 15.7 Å². The number of phenolic OH excluding ortho intramolecular Hbond substituents is 1. The summed E-state index contributed by atoms with van der Waals surface area (Å²) in [5.74, 6) is 0.199. The van der Waals surface area contributed by atoms with E-state index >= 15 is 0 Å². The molecule has 1 heterocycles. The van der Waals surface area contributed by atoms with E-state index in [2.05, 4.69) is 4.90 Å². The molecule has 7 nitrogen and oxygen atoms in total. The average molecular weight is 424 g/mol. The number of aliphatic hydroxyl groups excluding tert-OH is 1. The third kappa shape index (κ3) is 7.09. The van der Waals surface area contributed by atoms with Crippen molar-refractivity contribution in [2.75, 3.05) is 19.3 Å². The van der Waals surface area contributed by atoms with Crippen molar-refractivity contribution in [3.63, 3.8) is 0 Å². The van der Waals surface area contributed by atoms with Crippen LogP contribution < -0.4 is 0 Å². The molecule has 3 rings (SSSR count). The molecule has 0 saturated carbocycles. The molecule has 1 saturated heterocycles. The fraction of sp³-hybridized carbons (Fsp3) is 0.429. The van der Waals surface area contributed by atoms with Crippen LogP contribution in [0.5, 0.6) is 5.75 Å². The van der Waals surface area contributed by atoms with Crippen LogP contribution >= 0.6 is 0 Å². The summed E-state index contributed by atoms with van der Waals surface area (Å²) in [4.78, 5) is 2.22. The zero-order valence-electron chi connectivity index (χ0n) is 16.6. The van der Waals surface area contributed by atoms with Gasteiger partial charge in [-0.15, -0.1) is 0 Å². The van der Waals surface area contributed by atoms with Gasteiger partial charge in [0, 0.05) is 19.1 Å². The van der Waals surface area contributed by atoms with E-state index in [1.807, 2.05) is 37.3 Å². The van der Waals surface area contributed by atoms with Crippen LogP contribution in [0.15, 0.2) is 54.6 Å². The Labute approximate surface area is 172 Å². The fourth-order valence-corrected chi connectivity index (χ4v) is 3.49. The van der Waals surface area contributed by atoms with Crippen molar-refractivity contribution >= 4 is 10.1 Å². The van der Waals surface area contributed by atoms with Crippen molar-refractivity contribution in [2.24, 2.45) is 0 Å². The van der Waals surface area contributed by atoms with Gasteiger partial charge in [0.1, 0.15) is 5.75 Å². The van der Waals surface area contributed by atoms with Crippen molar-refractivity contribution in [2.45, 2.75) is 37.5 Å². The molecule has 0 aliphatic carbocycles. The Kier molecular flexibility index (Phi) is 7.79. The molecular weight excluding hydrogens is 394 g/mol. The van der Waals surface area contributed by atoms with Crippen molar-refractivity contribution in [3.8, 4) is 5.75 Å². The van der Waals surface area contributed by atoms with Gasteiger partial charge < -0.3 is 15.3 Å². The molecule has 0 radical (unpaired) electrons. The molecular formula is C21H29NO6S. The molecule has 1 fully saturated rings. The summed E-state index contributed by atoms with van der Waals surface area (Å²) in [6.45, 7) is 3.48. The lowest BCUT2D eigenvalue weighted by molar-refractivity contribution is -0.0501. The first-order valence-corrected chi connectivity index (χ1v) is 11.3. The minimum atomic E-state index is -3.67. The van der Waals surface area contributed by atoms with Gasteiger partial charge in [-0.2, -0.15) is 8.42 Å². The molecule has 1 aliphatic heterocycles. The molecule has 8 heteroatoms. The molecule has 2 atom stereocenters.